The van der Waals surface area contributed by atoms with Crippen LogP contribution in [0.15, 0.2) is 53.4 Å². The van der Waals surface area contributed by atoms with Gasteiger partial charge in [0.2, 0.25) is 0 Å². The topological polar surface area (TPSA) is 75.4 Å². The summed E-state index contributed by atoms with van der Waals surface area (Å²) in [5.41, 5.74) is 2.84. The first-order valence-corrected chi connectivity index (χ1v) is 11.5. The molecular formula is C21H24Cl3N3O3S. The van der Waals surface area contributed by atoms with Gasteiger partial charge in [0.15, 0.2) is 0 Å². The van der Waals surface area contributed by atoms with Gasteiger partial charge in [0.05, 0.1) is 40.5 Å². The van der Waals surface area contributed by atoms with Crippen LogP contribution in [0.4, 0.5) is 5.69 Å². The molecule has 1 aromatic heterocycles. The third-order valence-electron chi connectivity index (χ3n) is 4.65. The van der Waals surface area contributed by atoms with Gasteiger partial charge in [-0.2, -0.15) is 5.10 Å². The number of hydrogen-bond acceptors (Lipinski definition) is 4. The second-order valence-corrected chi connectivity index (χ2v) is 9.91. The summed E-state index contributed by atoms with van der Waals surface area (Å²) in [6.07, 6.45) is -1.03. The van der Waals surface area contributed by atoms with Gasteiger partial charge >= 0.3 is 0 Å². The molecule has 1 unspecified atom stereocenters. The highest BCUT2D eigenvalue weighted by molar-refractivity contribution is 7.92. The molecule has 0 spiro atoms. The molecule has 1 N–H and O–H groups in total. The summed E-state index contributed by atoms with van der Waals surface area (Å²) in [5, 5.41) is 15.6. The van der Waals surface area contributed by atoms with Crippen molar-refractivity contribution in [3.05, 3.63) is 75.5 Å². The number of aliphatic hydroxyl groups is 1. The number of rotatable bonds is 7. The van der Waals surface area contributed by atoms with Crippen LogP contribution in [0.3, 0.4) is 0 Å². The number of aliphatic hydroxyl groups excluding tert-OH is 1. The van der Waals surface area contributed by atoms with Gasteiger partial charge in [0.1, 0.15) is 0 Å². The third-order valence-corrected chi connectivity index (χ3v) is 7.00. The van der Waals surface area contributed by atoms with E-state index < -0.39 is 16.1 Å². The monoisotopic (exact) mass is 503 g/mol. The molecule has 0 saturated heterocycles. The van der Waals surface area contributed by atoms with Crippen LogP contribution in [-0.4, -0.2) is 36.0 Å². The molecule has 31 heavy (non-hydrogen) atoms. The molecule has 0 amide bonds. The number of benzene rings is 2. The zero-order chi connectivity index (χ0) is 22.1. The van der Waals surface area contributed by atoms with E-state index in [1.54, 1.807) is 22.9 Å². The summed E-state index contributed by atoms with van der Waals surface area (Å²) >= 11 is 12.4. The van der Waals surface area contributed by atoms with Crippen LogP contribution < -0.4 is 4.31 Å². The Morgan fingerprint density at radius 2 is 1.71 bits per heavy atom. The number of halogens is 3. The van der Waals surface area contributed by atoms with Crippen LogP contribution in [-0.2, 0) is 16.6 Å². The van der Waals surface area contributed by atoms with Gasteiger partial charge in [-0.15, -0.1) is 12.4 Å². The van der Waals surface area contributed by atoms with E-state index in [1.807, 2.05) is 26.8 Å². The molecule has 0 aliphatic heterocycles. The molecule has 0 radical (unpaired) electrons. The zero-order valence-corrected chi connectivity index (χ0v) is 20.4. The Bertz CT molecular complexity index is 1150. The first-order valence-electron chi connectivity index (χ1n) is 9.31. The minimum atomic E-state index is -4.00. The van der Waals surface area contributed by atoms with E-state index in [4.69, 9.17) is 23.2 Å². The summed E-state index contributed by atoms with van der Waals surface area (Å²) in [4.78, 5) is 0.0995. The van der Waals surface area contributed by atoms with Gasteiger partial charge < -0.3 is 5.11 Å². The molecule has 0 bridgehead atoms. The van der Waals surface area contributed by atoms with Gasteiger partial charge in [-0.3, -0.25) is 8.99 Å². The number of aryl methyl sites for hydroxylation is 3. The van der Waals surface area contributed by atoms with Crippen molar-refractivity contribution in [1.82, 2.24) is 9.78 Å². The average Bonchev–Trinajstić information content (AvgIpc) is 2.99. The Labute approximate surface area is 198 Å². The van der Waals surface area contributed by atoms with Gasteiger partial charge in [0.25, 0.3) is 10.0 Å². The predicted molar refractivity (Wildman–Crippen MR) is 127 cm³/mol. The van der Waals surface area contributed by atoms with Crippen molar-refractivity contribution in [2.45, 2.75) is 38.3 Å². The van der Waals surface area contributed by atoms with Gasteiger partial charge in [-0.1, -0.05) is 40.9 Å². The molecule has 10 heteroatoms. The Morgan fingerprint density at radius 1 is 1.06 bits per heavy atom. The Kier molecular flexibility index (Phi) is 8.41. The van der Waals surface area contributed by atoms with Crippen LogP contribution in [0.25, 0.3) is 0 Å². The minimum Gasteiger partial charge on any atom is -0.389 e. The van der Waals surface area contributed by atoms with Crippen molar-refractivity contribution in [3.8, 4) is 0 Å². The lowest BCUT2D eigenvalue weighted by Crippen LogP contribution is -2.39. The molecule has 3 rings (SSSR count). The zero-order valence-electron chi connectivity index (χ0n) is 17.3. The second-order valence-electron chi connectivity index (χ2n) is 7.21. The quantitative estimate of drug-likeness (QED) is 0.502. The van der Waals surface area contributed by atoms with E-state index >= 15 is 0 Å². The normalized spacial score (nSPS) is 12.3. The number of anilines is 1. The van der Waals surface area contributed by atoms with Crippen LogP contribution in [0, 0.1) is 20.8 Å². The molecule has 3 aromatic rings. The van der Waals surface area contributed by atoms with Crippen LogP contribution >= 0.6 is 35.6 Å². The summed E-state index contributed by atoms with van der Waals surface area (Å²) < 4.78 is 29.7. The molecule has 6 nitrogen and oxygen atoms in total. The van der Waals surface area contributed by atoms with Crippen molar-refractivity contribution in [2.75, 3.05) is 10.8 Å². The number of aromatic nitrogens is 2. The highest BCUT2D eigenvalue weighted by atomic mass is 35.5. The number of sulfonamides is 1. The van der Waals surface area contributed by atoms with E-state index in [-0.39, 0.29) is 41.1 Å². The third kappa shape index (κ3) is 5.93. The molecule has 0 fully saturated rings. The maximum absolute atomic E-state index is 13.5. The largest absolute Gasteiger partial charge is 0.389 e. The molecule has 2 aromatic carbocycles. The maximum atomic E-state index is 13.5. The van der Waals surface area contributed by atoms with Crippen molar-refractivity contribution < 1.29 is 13.5 Å². The fraction of sp³-hybridized carbons (Fsp3) is 0.286. The van der Waals surface area contributed by atoms with E-state index in [2.05, 4.69) is 5.10 Å². The lowest BCUT2D eigenvalue weighted by atomic mass is 10.2. The first kappa shape index (κ1) is 25.5. The van der Waals surface area contributed by atoms with Crippen LogP contribution in [0.1, 0.15) is 17.0 Å². The Morgan fingerprint density at radius 3 is 2.29 bits per heavy atom. The molecule has 1 heterocycles. The highest BCUT2D eigenvalue weighted by Crippen LogP contribution is 2.33. The molecule has 0 aliphatic rings. The maximum Gasteiger partial charge on any atom is 0.264 e. The first-order chi connectivity index (χ1) is 14.1. The Balaban J connectivity index is 0.00000341. The SMILES string of the molecule is Cc1ccc(S(=O)(=O)N(CC(O)Cn2nc(C)cc2C)c2cc(Cl)ccc2Cl)cc1.Cl. The molecule has 168 valence electrons. The minimum absolute atomic E-state index is 0. The average molecular weight is 505 g/mol. The van der Waals surface area contributed by atoms with Gasteiger partial charge in [0, 0.05) is 10.7 Å². The van der Waals surface area contributed by atoms with Crippen molar-refractivity contribution in [2.24, 2.45) is 0 Å². The van der Waals surface area contributed by atoms with Gasteiger partial charge in [-0.25, -0.2) is 8.42 Å². The predicted octanol–water partition coefficient (Wildman–Crippen LogP) is 4.79. The van der Waals surface area contributed by atoms with E-state index in [0.717, 1.165) is 21.3 Å². The van der Waals surface area contributed by atoms with Crippen LogP contribution in [0.5, 0.6) is 0 Å². The smallest absolute Gasteiger partial charge is 0.264 e. The number of hydrogen-bond donors (Lipinski definition) is 1. The lowest BCUT2D eigenvalue weighted by molar-refractivity contribution is 0.157. The standard InChI is InChI=1S/C21H23Cl2N3O3S.ClH/c1-14-4-7-19(8-5-14)30(28,29)26(21-11-17(22)6-9-20(21)23)13-18(27)12-25-16(3)10-15(2)24-25;/h4-11,18,27H,12-13H2,1-3H3;1H. The highest BCUT2D eigenvalue weighted by Gasteiger charge is 2.29. The molecule has 0 aliphatic carbocycles. The number of nitrogens with zero attached hydrogens (tertiary/aromatic N) is 3. The fourth-order valence-electron chi connectivity index (χ4n) is 3.15. The van der Waals surface area contributed by atoms with Crippen LogP contribution in [0.2, 0.25) is 10.0 Å². The summed E-state index contributed by atoms with van der Waals surface area (Å²) in [7, 11) is -4.00. The molecular weight excluding hydrogens is 481 g/mol. The summed E-state index contributed by atoms with van der Waals surface area (Å²) in [6, 6.07) is 13.0. The lowest BCUT2D eigenvalue weighted by Gasteiger charge is -2.28. The molecule has 0 saturated carbocycles. The van der Waals surface area contributed by atoms with Crippen molar-refractivity contribution in [3.63, 3.8) is 0 Å². The second kappa shape index (κ2) is 10.2. The van der Waals surface area contributed by atoms with E-state index in [9.17, 15) is 13.5 Å². The van der Waals surface area contributed by atoms with Crippen molar-refractivity contribution >= 4 is 51.3 Å². The van der Waals surface area contributed by atoms with E-state index in [0.29, 0.717) is 5.02 Å². The van der Waals surface area contributed by atoms with Gasteiger partial charge in [-0.05, 0) is 57.2 Å². The Hall–Kier alpha value is -1.77. The summed E-state index contributed by atoms with van der Waals surface area (Å²) in [6.45, 7) is 5.53. The van der Waals surface area contributed by atoms with Crippen molar-refractivity contribution in [1.29, 1.82) is 0 Å². The fourth-order valence-corrected chi connectivity index (χ4v) is 5.10. The van der Waals surface area contributed by atoms with E-state index in [1.165, 1.54) is 24.3 Å². The molecule has 1 atom stereocenters. The summed E-state index contributed by atoms with van der Waals surface area (Å²) in [5.74, 6) is 0.